The molecule has 28 heavy (non-hydrogen) atoms. The summed E-state index contributed by atoms with van der Waals surface area (Å²) in [6.45, 7) is 0. The van der Waals surface area contributed by atoms with E-state index in [9.17, 15) is 18.4 Å². The van der Waals surface area contributed by atoms with Crippen molar-refractivity contribution in [1.29, 1.82) is 0 Å². The van der Waals surface area contributed by atoms with Crippen LogP contribution in [0, 0.1) is 0 Å². The van der Waals surface area contributed by atoms with Gasteiger partial charge in [-0.25, -0.2) is 8.78 Å². The highest BCUT2D eigenvalue weighted by Gasteiger charge is 2.27. The number of hydrogen-bond donors (Lipinski definition) is 2. The normalized spacial score (nSPS) is 19.9. The number of halogens is 3. The molecule has 0 bridgehead atoms. The van der Waals surface area contributed by atoms with Gasteiger partial charge in [0, 0.05) is 34.9 Å². The molecule has 2 fully saturated rings. The van der Waals surface area contributed by atoms with Gasteiger partial charge in [-0.15, -0.1) is 0 Å². The van der Waals surface area contributed by atoms with Gasteiger partial charge in [-0.1, -0.05) is 35.9 Å². The van der Waals surface area contributed by atoms with Crippen LogP contribution in [0.4, 0.5) is 8.78 Å². The molecule has 4 rings (SSSR count). The van der Waals surface area contributed by atoms with Crippen LogP contribution in [0.2, 0.25) is 5.02 Å². The van der Waals surface area contributed by atoms with Gasteiger partial charge < -0.3 is 10.3 Å². The Morgan fingerprint density at radius 2 is 1.93 bits per heavy atom. The van der Waals surface area contributed by atoms with E-state index in [-0.39, 0.29) is 28.1 Å². The monoisotopic (exact) mass is 404 g/mol. The standard InChI is InChI=1S/C21H19ClF2N2O2/c22-17-9-12(3-5-15(17)20(23)24)16(10-13-4-8-19(27)25-13)18-7-6-14(11-1-2-11)21(28)26-18/h3,5-7,9-11,13,20H,1-2,4,8H2,(H,25,27)(H,26,28)/b16-10+/t13-/m1/s1. The quantitative estimate of drug-likeness (QED) is 0.767. The summed E-state index contributed by atoms with van der Waals surface area (Å²) in [7, 11) is 0. The second kappa shape index (κ2) is 7.51. The first-order chi connectivity index (χ1) is 13.4. The van der Waals surface area contributed by atoms with Gasteiger partial charge in [0.1, 0.15) is 0 Å². The first-order valence-corrected chi connectivity index (χ1v) is 9.63. The fourth-order valence-electron chi connectivity index (χ4n) is 3.53. The first kappa shape index (κ1) is 18.9. The van der Waals surface area contributed by atoms with E-state index in [0.717, 1.165) is 18.4 Å². The van der Waals surface area contributed by atoms with E-state index in [2.05, 4.69) is 10.3 Å². The average molecular weight is 405 g/mol. The molecule has 1 aliphatic heterocycles. The molecule has 2 aromatic rings. The van der Waals surface area contributed by atoms with Crippen LogP contribution in [-0.4, -0.2) is 16.9 Å². The number of carbonyl (C=O) groups is 1. The van der Waals surface area contributed by atoms with Gasteiger partial charge in [0.25, 0.3) is 12.0 Å². The lowest BCUT2D eigenvalue weighted by molar-refractivity contribution is -0.119. The molecule has 1 aromatic heterocycles. The molecule has 4 nitrogen and oxygen atoms in total. The zero-order valence-electron chi connectivity index (χ0n) is 15.0. The van der Waals surface area contributed by atoms with Crippen LogP contribution in [0.3, 0.4) is 0 Å². The van der Waals surface area contributed by atoms with Crippen molar-refractivity contribution in [1.82, 2.24) is 10.3 Å². The Labute approximate surface area is 165 Å². The summed E-state index contributed by atoms with van der Waals surface area (Å²) in [5.41, 5.74) is 2.20. The predicted octanol–water partition coefficient (Wildman–Crippen LogP) is 4.55. The Morgan fingerprint density at radius 3 is 2.50 bits per heavy atom. The van der Waals surface area contributed by atoms with Crippen LogP contribution in [0.5, 0.6) is 0 Å². The predicted molar refractivity (Wildman–Crippen MR) is 104 cm³/mol. The number of aromatic nitrogens is 1. The van der Waals surface area contributed by atoms with Crippen molar-refractivity contribution in [2.24, 2.45) is 0 Å². The fourth-order valence-corrected chi connectivity index (χ4v) is 3.80. The van der Waals surface area contributed by atoms with E-state index in [1.54, 1.807) is 6.07 Å². The molecule has 1 amide bonds. The Hall–Kier alpha value is -2.47. The number of rotatable bonds is 5. The summed E-state index contributed by atoms with van der Waals surface area (Å²) < 4.78 is 26.1. The van der Waals surface area contributed by atoms with Gasteiger partial charge in [-0.05, 0) is 42.9 Å². The molecule has 1 aliphatic carbocycles. The number of H-pyrrole nitrogens is 1. The van der Waals surface area contributed by atoms with E-state index in [0.29, 0.717) is 35.6 Å². The number of hydrogen-bond acceptors (Lipinski definition) is 2. The molecule has 2 heterocycles. The maximum Gasteiger partial charge on any atom is 0.265 e. The van der Waals surface area contributed by atoms with Crippen LogP contribution in [0.15, 0.2) is 41.2 Å². The highest BCUT2D eigenvalue weighted by molar-refractivity contribution is 6.31. The van der Waals surface area contributed by atoms with Gasteiger partial charge in [0.2, 0.25) is 5.91 Å². The van der Waals surface area contributed by atoms with Crippen molar-refractivity contribution in [2.45, 2.75) is 44.1 Å². The molecular weight excluding hydrogens is 386 g/mol. The highest BCUT2D eigenvalue weighted by atomic mass is 35.5. The summed E-state index contributed by atoms with van der Waals surface area (Å²) in [5, 5.41) is 2.83. The van der Waals surface area contributed by atoms with Gasteiger partial charge in [0.05, 0.1) is 5.02 Å². The highest BCUT2D eigenvalue weighted by Crippen LogP contribution is 2.38. The molecule has 2 N–H and O–H groups in total. The number of nitrogens with one attached hydrogen (secondary N) is 2. The van der Waals surface area contributed by atoms with Crippen molar-refractivity contribution in [2.75, 3.05) is 0 Å². The molecule has 1 saturated heterocycles. The fraction of sp³-hybridized carbons (Fsp3) is 0.333. The second-order valence-corrected chi connectivity index (χ2v) is 7.67. The lowest BCUT2D eigenvalue weighted by atomic mass is 9.97. The molecule has 146 valence electrons. The van der Waals surface area contributed by atoms with Crippen LogP contribution in [0.1, 0.15) is 60.4 Å². The van der Waals surface area contributed by atoms with Crippen molar-refractivity contribution in [3.05, 3.63) is 74.2 Å². The SMILES string of the molecule is O=C1CC[C@H](/C=C(\c2ccc(C(F)F)c(Cl)c2)c2ccc(C3CC3)c(=O)[nH]2)N1. The number of benzene rings is 1. The molecule has 1 saturated carbocycles. The molecule has 1 aromatic carbocycles. The summed E-state index contributed by atoms with van der Waals surface area (Å²) in [6, 6.07) is 7.78. The average Bonchev–Trinajstić information content (AvgIpc) is 3.40. The summed E-state index contributed by atoms with van der Waals surface area (Å²) in [5.74, 6) is 0.281. The number of pyridine rings is 1. The van der Waals surface area contributed by atoms with Crippen molar-refractivity contribution in [3.8, 4) is 0 Å². The first-order valence-electron chi connectivity index (χ1n) is 9.25. The van der Waals surface area contributed by atoms with Crippen molar-refractivity contribution in [3.63, 3.8) is 0 Å². The maximum atomic E-state index is 13.0. The summed E-state index contributed by atoms with van der Waals surface area (Å²) in [4.78, 5) is 26.9. The third kappa shape index (κ3) is 3.87. The third-order valence-electron chi connectivity index (χ3n) is 5.19. The van der Waals surface area contributed by atoms with E-state index < -0.39 is 6.43 Å². The molecule has 0 unspecified atom stereocenters. The number of carbonyl (C=O) groups excluding carboxylic acids is 1. The smallest absolute Gasteiger partial charge is 0.265 e. The molecule has 7 heteroatoms. The Morgan fingerprint density at radius 1 is 1.14 bits per heavy atom. The minimum Gasteiger partial charge on any atom is -0.350 e. The Kier molecular flexibility index (Phi) is 5.06. The number of alkyl halides is 2. The second-order valence-electron chi connectivity index (χ2n) is 7.26. The van der Waals surface area contributed by atoms with E-state index >= 15 is 0 Å². The van der Waals surface area contributed by atoms with Gasteiger partial charge in [-0.2, -0.15) is 0 Å². The van der Waals surface area contributed by atoms with Crippen molar-refractivity contribution < 1.29 is 13.6 Å². The summed E-state index contributed by atoms with van der Waals surface area (Å²) in [6.07, 6.45) is 2.28. The zero-order valence-corrected chi connectivity index (χ0v) is 15.7. The summed E-state index contributed by atoms with van der Waals surface area (Å²) >= 11 is 6.05. The van der Waals surface area contributed by atoms with Crippen LogP contribution >= 0.6 is 11.6 Å². The molecular formula is C21H19ClF2N2O2. The number of amides is 1. The Bertz CT molecular complexity index is 1010. The molecule has 2 aliphatic rings. The van der Waals surface area contributed by atoms with Gasteiger partial charge in [-0.3, -0.25) is 9.59 Å². The molecule has 0 spiro atoms. The topological polar surface area (TPSA) is 62.0 Å². The van der Waals surface area contributed by atoms with Crippen LogP contribution < -0.4 is 10.9 Å². The minimum atomic E-state index is -2.67. The van der Waals surface area contributed by atoms with E-state index in [1.807, 2.05) is 18.2 Å². The van der Waals surface area contributed by atoms with Crippen LogP contribution in [0.25, 0.3) is 5.57 Å². The number of aromatic amines is 1. The van der Waals surface area contributed by atoms with Gasteiger partial charge >= 0.3 is 0 Å². The Balaban J connectivity index is 1.77. The van der Waals surface area contributed by atoms with Crippen LogP contribution in [-0.2, 0) is 4.79 Å². The zero-order chi connectivity index (χ0) is 19.8. The van der Waals surface area contributed by atoms with E-state index in [4.69, 9.17) is 11.6 Å². The van der Waals surface area contributed by atoms with Gasteiger partial charge in [0.15, 0.2) is 0 Å². The maximum absolute atomic E-state index is 13.0. The largest absolute Gasteiger partial charge is 0.350 e. The van der Waals surface area contributed by atoms with Crippen molar-refractivity contribution >= 4 is 23.1 Å². The van der Waals surface area contributed by atoms with E-state index in [1.165, 1.54) is 12.1 Å². The third-order valence-corrected chi connectivity index (χ3v) is 5.52. The minimum absolute atomic E-state index is 0.0363. The molecule has 1 atom stereocenters. The lowest BCUT2D eigenvalue weighted by Gasteiger charge is -2.14. The lowest BCUT2D eigenvalue weighted by Crippen LogP contribution is -2.23. The molecule has 0 radical (unpaired) electrons.